The summed E-state index contributed by atoms with van der Waals surface area (Å²) < 4.78 is 5.28. The summed E-state index contributed by atoms with van der Waals surface area (Å²) in [7, 11) is 1.89. The Morgan fingerprint density at radius 3 is 2.79 bits per heavy atom. The normalized spacial score (nSPS) is 20.0. The maximum Gasteiger partial charge on any atom is 0.134 e. The molecule has 1 aromatic rings. The molecule has 0 aromatic carbocycles. The number of aliphatic hydroxyl groups excluding tert-OH is 1. The largest absolute Gasteiger partial charge is 0.389 e. The molecule has 1 aromatic heterocycles. The smallest absolute Gasteiger partial charge is 0.134 e. The Morgan fingerprint density at radius 1 is 1.47 bits per heavy atom. The highest BCUT2D eigenvalue weighted by atomic mass is 16.5. The van der Waals surface area contributed by atoms with E-state index in [4.69, 9.17) is 4.74 Å². The molecule has 1 aliphatic heterocycles. The Morgan fingerprint density at radius 2 is 2.16 bits per heavy atom. The number of hydrogen-bond acceptors (Lipinski definition) is 5. The topological polar surface area (TPSA) is 65.8 Å². The summed E-state index contributed by atoms with van der Waals surface area (Å²) >= 11 is 0. The van der Waals surface area contributed by atoms with E-state index in [9.17, 15) is 10.2 Å². The standard InChI is InChI=1S/C14H22N2O3/c1-11(17)12-4-3-7-15-13(12)16(2)10-14(18)5-8-19-9-6-14/h3-4,7,11,17-18H,5-6,8-10H2,1-2H3/t11-/m1/s1. The van der Waals surface area contributed by atoms with Crippen molar-refractivity contribution in [2.45, 2.75) is 31.5 Å². The molecule has 0 radical (unpaired) electrons. The number of nitrogens with zero attached hydrogens (tertiary/aromatic N) is 2. The molecule has 0 spiro atoms. The highest BCUT2D eigenvalue weighted by Crippen LogP contribution is 2.27. The van der Waals surface area contributed by atoms with Gasteiger partial charge in [-0.1, -0.05) is 6.07 Å². The van der Waals surface area contributed by atoms with Gasteiger partial charge in [0.05, 0.1) is 11.7 Å². The van der Waals surface area contributed by atoms with Crippen LogP contribution in [0.5, 0.6) is 0 Å². The van der Waals surface area contributed by atoms with Gasteiger partial charge >= 0.3 is 0 Å². The predicted octanol–water partition coefficient (Wildman–Crippen LogP) is 1.11. The van der Waals surface area contributed by atoms with Crippen molar-refractivity contribution in [1.29, 1.82) is 0 Å². The van der Waals surface area contributed by atoms with Crippen LogP contribution in [0, 0.1) is 0 Å². The molecule has 2 rings (SSSR count). The molecule has 19 heavy (non-hydrogen) atoms. The first kappa shape index (κ1) is 14.2. The highest BCUT2D eigenvalue weighted by Gasteiger charge is 2.32. The van der Waals surface area contributed by atoms with Gasteiger partial charge in [-0.3, -0.25) is 0 Å². The van der Waals surface area contributed by atoms with Crippen molar-refractivity contribution in [1.82, 2.24) is 4.98 Å². The van der Waals surface area contributed by atoms with Crippen molar-refractivity contribution in [2.24, 2.45) is 0 Å². The van der Waals surface area contributed by atoms with Crippen LogP contribution in [-0.4, -0.2) is 47.6 Å². The second-order valence-electron chi connectivity index (χ2n) is 5.28. The van der Waals surface area contributed by atoms with E-state index in [1.54, 1.807) is 13.1 Å². The van der Waals surface area contributed by atoms with Crippen molar-refractivity contribution in [3.05, 3.63) is 23.9 Å². The number of pyridine rings is 1. The van der Waals surface area contributed by atoms with E-state index in [1.807, 2.05) is 24.1 Å². The van der Waals surface area contributed by atoms with Gasteiger partial charge < -0.3 is 19.8 Å². The fourth-order valence-electron chi connectivity index (χ4n) is 2.48. The van der Waals surface area contributed by atoms with Gasteiger partial charge in [-0.15, -0.1) is 0 Å². The lowest BCUT2D eigenvalue weighted by atomic mass is 9.94. The van der Waals surface area contributed by atoms with Crippen LogP contribution in [0.25, 0.3) is 0 Å². The van der Waals surface area contributed by atoms with Crippen LogP contribution < -0.4 is 4.90 Å². The summed E-state index contributed by atoms with van der Waals surface area (Å²) in [6.07, 6.45) is 2.39. The zero-order chi connectivity index (χ0) is 13.9. The summed E-state index contributed by atoms with van der Waals surface area (Å²) in [5, 5.41) is 20.3. The number of likely N-dealkylation sites (N-methyl/N-ethyl adjacent to an activating group) is 1. The summed E-state index contributed by atoms with van der Waals surface area (Å²) in [6.45, 7) is 3.40. The minimum absolute atomic E-state index is 0.493. The van der Waals surface area contributed by atoms with Gasteiger partial charge in [0.15, 0.2) is 0 Å². The third kappa shape index (κ3) is 3.43. The molecule has 106 valence electrons. The van der Waals surface area contributed by atoms with E-state index in [0.717, 1.165) is 11.4 Å². The van der Waals surface area contributed by atoms with E-state index in [0.29, 0.717) is 32.6 Å². The molecule has 2 N–H and O–H groups in total. The SMILES string of the molecule is C[C@@H](O)c1cccnc1N(C)CC1(O)CCOCC1. The zero-order valence-electron chi connectivity index (χ0n) is 11.5. The Hall–Kier alpha value is -1.17. The van der Waals surface area contributed by atoms with Crippen LogP contribution in [0.2, 0.25) is 0 Å². The monoisotopic (exact) mass is 266 g/mol. The summed E-state index contributed by atoms with van der Waals surface area (Å²) in [4.78, 5) is 6.23. The summed E-state index contributed by atoms with van der Waals surface area (Å²) in [5.41, 5.74) is 0.0428. The number of aromatic nitrogens is 1. The van der Waals surface area contributed by atoms with E-state index >= 15 is 0 Å². The number of ether oxygens (including phenoxy) is 1. The van der Waals surface area contributed by atoms with Crippen LogP contribution in [-0.2, 0) is 4.74 Å². The summed E-state index contributed by atoms with van der Waals surface area (Å²) in [5.74, 6) is 0.720. The van der Waals surface area contributed by atoms with Crippen LogP contribution in [0.1, 0.15) is 31.4 Å². The lowest BCUT2D eigenvalue weighted by molar-refractivity contribution is -0.0573. The van der Waals surface area contributed by atoms with Gasteiger partial charge in [0.25, 0.3) is 0 Å². The molecule has 1 atom stereocenters. The van der Waals surface area contributed by atoms with E-state index in [2.05, 4.69) is 4.98 Å². The van der Waals surface area contributed by atoms with Gasteiger partial charge in [0.2, 0.25) is 0 Å². The molecule has 0 bridgehead atoms. The van der Waals surface area contributed by atoms with Crippen molar-refractivity contribution < 1.29 is 14.9 Å². The average Bonchev–Trinajstić information content (AvgIpc) is 2.39. The summed E-state index contributed by atoms with van der Waals surface area (Å²) in [6, 6.07) is 3.67. The number of hydrogen-bond donors (Lipinski definition) is 2. The molecule has 2 heterocycles. The maximum atomic E-state index is 10.5. The first-order chi connectivity index (χ1) is 9.02. The lowest BCUT2D eigenvalue weighted by Crippen LogP contribution is -2.46. The second-order valence-corrected chi connectivity index (χ2v) is 5.28. The Kier molecular flexibility index (Phi) is 4.39. The molecule has 0 amide bonds. The Labute approximate surface area is 113 Å². The van der Waals surface area contributed by atoms with Crippen LogP contribution >= 0.6 is 0 Å². The first-order valence-corrected chi connectivity index (χ1v) is 6.66. The molecule has 5 nitrogen and oxygen atoms in total. The molecular weight excluding hydrogens is 244 g/mol. The molecular formula is C14H22N2O3. The van der Waals surface area contributed by atoms with Crippen molar-refractivity contribution in [3.63, 3.8) is 0 Å². The van der Waals surface area contributed by atoms with Gasteiger partial charge in [-0.25, -0.2) is 4.98 Å². The number of aliphatic hydroxyl groups is 2. The van der Waals surface area contributed by atoms with Gasteiger partial charge in [-0.05, 0) is 13.0 Å². The molecule has 1 aliphatic rings. The van der Waals surface area contributed by atoms with Gasteiger partial charge in [0.1, 0.15) is 5.82 Å². The molecule has 0 unspecified atom stereocenters. The van der Waals surface area contributed by atoms with Crippen LogP contribution in [0.4, 0.5) is 5.82 Å². The van der Waals surface area contributed by atoms with Crippen LogP contribution in [0.15, 0.2) is 18.3 Å². The molecule has 1 saturated heterocycles. The number of anilines is 1. The van der Waals surface area contributed by atoms with Crippen LogP contribution in [0.3, 0.4) is 0 Å². The molecule has 1 fully saturated rings. The predicted molar refractivity (Wildman–Crippen MR) is 73.1 cm³/mol. The van der Waals surface area contributed by atoms with Gasteiger partial charge in [0, 0.05) is 51.4 Å². The fourth-order valence-corrected chi connectivity index (χ4v) is 2.48. The first-order valence-electron chi connectivity index (χ1n) is 6.66. The zero-order valence-corrected chi connectivity index (χ0v) is 11.5. The second kappa shape index (κ2) is 5.86. The van der Waals surface area contributed by atoms with Crippen molar-refractivity contribution >= 4 is 5.82 Å². The van der Waals surface area contributed by atoms with E-state index in [1.165, 1.54) is 0 Å². The average molecular weight is 266 g/mol. The Balaban J connectivity index is 2.13. The highest BCUT2D eigenvalue weighted by molar-refractivity contribution is 5.47. The quantitative estimate of drug-likeness (QED) is 0.854. The maximum absolute atomic E-state index is 10.5. The van der Waals surface area contributed by atoms with Crippen molar-refractivity contribution in [3.8, 4) is 0 Å². The number of rotatable bonds is 4. The third-order valence-electron chi connectivity index (χ3n) is 3.58. The van der Waals surface area contributed by atoms with Gasteiger partial charge in [-0.2, -0.15) is 0 Å². The van der Waals surface area contributed by atoms with Crippen molar-refractivity contribution in [2.75, 3.05) is 31.7 Å². The molecule has 0 saturated carbocycles. The minimum Gasteiger partial charge on any atom is -0.389 e. The minimum atomic E-state index is -0.736. The molecule has 0 aliphatic carbocycles. The van der Waals surface area contributed by atoms with E-state index < -0.39 is 11.7 Å². The fraction of sp³-hybridized carbons (Fsp3) is 0.643. The Bertz CT molecular complexity index is 417. The lowest BCUT2D eigenvalue weighted by Gasteiger charge is -2.36. The third-order valence-corrected chi connectivity index (χ3v) is 3.58. The van der Waals surface area contributed by atoms with E-state index in [-0.39, 0.29) is 0 Å². The molecule has 5 heteroatoms.